The number of hydrogen-bond acceptors (Lipinski definition) is 5. The summed E-state index contributed by atoms with van der Waals surface area (Å²) in [6.45, 7) is 0. The third-order valence-corrected chi connectivity index (χ3v) is 5.36. The van der Waals surface area contributed by atoms with Crippen molar-refractivity contribution in [2.45, 2.75) is 4.90 Å². The largest absolute Gasteiger partial charge is 0.280 e. The molecule has 1 N–H and O–H groups in total. The van der Waals surface area contributed by atoms with Gasteiger partial charge in [0.25, 0.3) is 10.0 Å². The molecule has 21 heavy (non-hydrogen) atoms. The average molecular weight is 389 g/mol. The van der Waals surface area contributed by atoms with E-state index in [0.29, 0.717) is 20.7 Å². The molecule has 3 aromatic rings. The fourth-order valence-electron chi connectivity index (χ4n) is 1.77. The molecule has 3 rings (SSSR count). The first kappa shape index (κ1) is 14.3. The second-order valence-corrected chi connectivity index (χ2v) is 7.03. The van der Waals surface area contributed by atoms with Crippen LogP contribution in [0.25, 0.3) is 11.0 Å². The number of rotatable bonds is 3. The van der Waals surface area contributed by atoms with E-state index in [2.05, 4.69) is 35.6 Å². The Balaban J connectivity index is 2.04. The van der Waals surface area contributed by atoms with Crippen LogP contribution in [0, 0.1) is 0 Å². The van der Waals surface area contributed by atoms with Crippen molar-refractivity contribution in [3.05, 3.63) is 45.9 Å². The Bertz CT molecular complexity index is 926. The SMILES string of the molecule is O=S(=O)(Nc1ccc(Br)c(Cl)c1)c1cccc2nonc12. The number of hydrogen-bond donors (Lipinski definition) is 1. The van der Waals surface area contributed by atoms with Crippen molar-refractivity contribution in [2.24, 2.45) is 0 Å². The summed E-state index contributed by atoms with van der Waals surface area (Å²) in [5, 5.41) is 7.64. The summed E-state index contributed by atoms with van der Waals surface area (Å²) in [5.41, 5.74) is 0.886. The molecule has 2 aromatic carbocycles. The van der Waals surface area contributed by atoms with Crippen molar-refractivity contribution in [3.63, 3.8) is 0 Å². The maximum Gasteiger partial charge on any atom is 0.264 e. The van der Waals surface area contributed by atoms with Crippen LogP contribution in [0.1, 0.15) is 0 Å². The Labute approximate surface area is 133 Å². The molecule has 6 nitrogen and oxygen atoms in total. The van der Waals surface area contributed by atoms with Gasteiger partial charge in [-0.15, -0.1) is 0 Å². The zero-order valence-electron chi connectivity index (χ0n) is 10.2. The lowest BCUT2D eigenvalue weighted by Crippen LogP contribution is -2.13. The predicted molar refractivity (Wildman–Crippen MR) is 81.8 cm³/mol. The van der Waals surface area contributed by atoms with E-state index in [9.17, 15) is 8.42 Å². The van der Waals surface area contributed by atoms with Crippen LogP contribution >= 0.6 is 27.5 Å². The smallest absolute Gasteiger partial charge is 0.264 e. The number of anilines is 1. The molecular formula is C12H7BrClN3O3S. The zero-order chi connectivity index (χ0) is 15.0. The molecule has 0 unspecified atom stereocenters. The quantitative estimate of drug-likeness (QED) is 0.743. The van der Waals surface area contributed by atoms with Crippen LogP contribution in [0.3, 0.4) is 0 Å². The van der Waals surface area contributed by atoms with Gasteiger partial charge in [-0.05, 0) is 56.6 Å². The summed E-state index contributed by atoms with van der Waals surface area (Å²) < 4.78 is 32.6. The van der Waals surface area contributed by atoms with E-state index in [4.69, 9.17) is 11.6 Å². The second kappa shape index (κ2) is 5.28. The Hall–Kier alpha value is -1.64. The molecule has 0 radical (unpaired) electrons. The van der Waals surface area contributed by atoms with Crippen molar-refractivity contribution >= 4 is 54.3 Å². The van der Waals surface area contributed by atoms with Crippen LogP contribution in [0.2, 0.25) is 5.02 Å². The molecule has 0 atom stereocenters. The third-order valence-electron chi connectivity index (χ3n) is 2.71. The molecule has 1 aromatic heterocycles. The highest BCUT2D eigenvalue weighted by Crippen LogP contribution is 2.28. The van der Waals surface area contributed by atoms with Crippen LogP contribution in [0.5, 0.6) is 0 Å². The van der Waals surface area contributed by atoms with Gasteiger partial charge >= 0.3 is 0 Å². The summed E-state index contributed by atoms with van der Waals surface area (Å²) in [6.07, 6.45) is 0. The topological polar surface area (TPSA) is 85.1 Å². The number of fused-ring (bicyclic) bond motifs is 1. The van der Waals surface area contributed by atoms with Crippen LogP contribution in [-0.4, -0.2) is 18.7 Å². The Morgan fingerprint density at radius 1 is 1.19 bits per heavy atom. The molecule has 0 spiro atoms. The lowest BCUT2D eigenvalue weighted by Gasteiger charge is -2.08. The second-order valence-electron chi connectivity index (χ2n) is 4.12. The molecule has 0 saturated carbocycles. The van der Waals surface area contributed by atoms with E-state index in [0.717, 1.165) is 0 Å². The number of halogens is 2. The predicted octanol–water partition coefficient (Wildman–Crippen LogP) is 3.44. The molecule has 0 fully saturated rings. The van der Waals surface area contributed by atoms with Gasteiger partial charge < -0.3 is 0 Å². The van der Waals surface area contributed by atoms with Gasteiger partial charge in [-0.25, -0.2) is 13.0 Å². The third kappa shape index (κ3) is 2.74. The average Bonchev–Trinajstić information content (AvgIpc) is 2.90. The van der Waals surface area contributed by atoms with Crippen molar-refractivity contribution in [1.29, 1.82) is 0 Å². The van der Waals surface area contributed by atoms with Crippen molar-refractivity contribution in [3.8, 4) is 0 Å². The Morgan fingerprint density at radius 3 is 2.76 bits per heavy atom. The fraction of sp³-hybridized carbons (Fsp3) is 0. The molecule has 108 valence electrons. The molecule has 0 amide bonds. The van der Waals surface area contributed by atoms with E-state index in [1.807, 2.05) is 0 Å². The minimum Gasteiger partial charge on any atom is -0.280 e. The van der Waals surface area contributed by atoms with E-state index in [1.165, 1.54) is 12.1 Å². The van der Waals surface area contributed by atoms with Crippen molar-refractivity contribution < 1.29 is 13.0 Å². The van der Waals surface area contributed by atoms with Gasteiger partial charge in [0.1, 0.15) is 10.4 Å². The van der Waals surface area contributed by atoms with E-state index in [1.54, 1.807) is 24.3 Å². The Morgan fingerprint density at radius 2 is 2.00 bits per heavy atom. The van der Waals surface area contributed by atoms with Crippen molar-refractivity contribution in [2.75, 3.05) is 4.72 Å². The number of sulfonamides is 1. The van der Waals surface area contributed by atoms with Gasteiger partial charge in [0.15, 0.2) is 5.52 Å². The lowest BCUT2D eigenvalue weighted by atomic mass is 10.3. The fourth-order valence-corrected chi connectivity index (χ4v) is 3.40. The maximum atomic E-state index is 12.4. The molecule has 0 bridgehead atoms. The first-order valence-corrected chi connectivity index (χ1v) is 8.32. The molecule has 0 aliphatic carbocycles. The first-order chi connectivity index (χ1) is 9.97. The van der Waals surface area contributed by atoms with E-state index < -0.39 is 10.0 Å². The molecular weight excluding hydrogens is 382 g/mol. The molecule has 0 aliphatic heterocycles. The maximum absolute atomic E-state index is 12.4. The van der Waals surface area contributed by atoms with E-state index >= 15 is 0 Å². The summed E-state index contributed by atoms with van der Waals surface area (Å²) >= 11 is 9.19. The minimum atomic E-state index is -3.83. The van der Waals surface area contributed by atoms with Crippen LogP contribution in [-0.2, 0) is 10.0 Å². The molecule has 0 aliphatic rings. The van der Waals surface area contributed by atoms with Gasteiger partial charge in [0, 0.05) is 4.47 Å². The van der Waals surface area contributed by atoms with Crippen LogP contribution in [0.15, 0.2) is 50.4 Å². The van der Waals surface area contributed by atoms with Gasteiger partial charge in [-0.3, -0.25) is 4.72 Å². The molecule has 9 heteroatoms. The highest BCUT2D eigenvalue weighted by atomic mass is 79.9. The van der Waals surface area contributed by atoms with Crippen LogP contribution < -0.4 is 4.72 Å². The number of benzene rings is 2. The highest BCUT2D eigenvalue weighted by Gasteiger charge is 2.20. The monoisotopic (exact) mass is 387 g/mol. The molecule has 0 saturated heterocycles. The van der Waals surface area contributed by atoms with E-state index in [-0.39, 0.29) is 10.4 Å². The minimum absolute atomic E-state index is 0.0136. The summed E-state index contributed by atoms with van der Waals surface area (Å²) in [6, 6.07) is 9.35. The normalized spacial score (nSPS) is 11.7. The first-order valence-electron chi connectivity index (χ1n) is 5.66. The molecule has 1 heterocycles. The number of nitrogens with zero attached hydrogens (tertiary/aromatic N) is 2. The van der Waals surface area contributed by atoms with Crippen molar-refractivity contribution in [1.82, 2.24) is 10.3 Å². The standard InChI is InChI=1S/C12H7BrClN3O3S/c13-8-5-4-7(6-9(8)14)17-21(18,19)11-3-1-2-10-12(11)16-20-15-10/h1-6,17H. The van der Waals surface area contributed by atoms with Gasteiger partial charge in [-0.2, -0.15) is 0 Å². The number of nitrogens with one attached hydrogen (secondary N) is 1. The summed E-state index contributed by atoms with van der Waals surface area (Å²) in [4.78, 5) is -0.0136. The summed E-state index contributed by atoms with van der Waals surface area (Å²) in [5.74, 6) is 0. The highest BCUT2D eigenvalue weighted by molar-refractivity contribution is 9.10. The Kier molecular flexibility index (Phi) is 3.60. The zero-order valence-corrected chi connectivity index (χ0v) is 13.4. The summed E-state index contributed by atoms with van der Waals surface area (Å²) in [7, 11) is -3.83. The van der Waals surface area contributed by atoms with Gasteiger partial charge in [-0.1, -0.05) is 17.7 Å². The van der Waals surface area contributed by atoms with Crippen LogP contribution in [0.4, 0.5) is 5.69 Å². The van der Waals surface area contributed by atoms with Gasteiger partial charge in [0.05, 0.1) is 10.7 Å². The lowest BCUT2D eigenvalue weighted by molar-refractivity contribution is 0.315. The van der Waals surface area contributed by atoms with Gasteiger partial charge in [0.2, 0.25) is 0 Å². The number of aromatic nitrogens is 2.